The molecule has 134 valence electrons. The first-order valence-corrected chi connectivity index (χ1v) is 8.23. The zero-order valence-corrected chi connectivity index (χ0v) is 13.5. The number of nitrogens with one attached hydrogen (secondary N) is 2. The second-order valence-electron chi connectivity index (χ2n) is 6.26. The quantitative estimate of drug-likeness (QED) is 0.878. The molecule has 2 atom stereocenters. The van der Waals surface area contributed by atoms with Gasteiger partial charge in [-0.2, -0.15) is 13.2 Å². The summed E-state index contributed by atoms with van der Waals surface area (Å²) in [4.78, 5) is 18.9. The first-order chi connectivity index (χ1) is 11.9. The fourth-order valence-electron chi connectivity index (χ4n) is 3.11. The molecule has 1 aromatic heterocycles. The number of piperidine rings is 1. The van der Waals surface area contributed by atoms with Crippen molar-refractivity contribution in [3.8, 4) is 0 Å². The molecule has 1 amide bonds. The van der Waals surface area contributed by atoms with Crippen molar-refractivity contribution in [2.75, 3.05) is 13.1 Å². The van der Waals surface area contributed by atoms with Crippen LogP contribution in [0.1, 0.15) is 35.4 Å². The van der Waals surface area contributed by atoms with Gasteiger partial charge in [0.25, 0.3) is 5.91 Å². The van der Waals surface area contributed by atoms with Gasteiger partial charge in [0.2, 0.25) is 0 Å². The Balaban J connectivity index is 1.57. The first-order valence-electron chi connectivity index (χ1n) is 8.23. The van der Waals surface area contributed by atoms with E-state index in [4.69, 9.17) is 0 Å². The Bertz CT molecular complexity index is 676. The van der Waals surface area contributed by atoms with Crippen LogP contribution in [0.25, 0.3) is 0 Å². The van der Waals surface area contributed by atoms with Gasteiger partial charge in [-0.25, -0.2) is 9.97 Å². The van der Waals surface area contributed by atoms with E-state index in [-0.39, 0.29) is 5.69 Å². The van der Waals surface area contributed by atoms with Gasteiger partial charge in [0.05, 0.1) is 12.4 Å². The van der Waals surface area contributed by atoms with Gasteiger partial charge in [0, 0.05) is 5.70 Å². The van der Waals surface area contributed by atoms with Crippen molar-refractivity contribution in [2.24, 2.45) is 11.8 Å². The van der Waals surface area contributed by atoms with Gasteiger partial charge in [-0.1, -0.05) is 12.2 Å². The molecular formula is C17H19F3N4O. The monoisotopic (exact) mass is 352 g/mol. The van der Waals surface area contributed by atoms with Crippen molar-refractivity contribution >= 4 is 5.91 Å². The summed E-state index contributed by atoms with van der Waals surface area (Å²) in [6.45, 7) is 2.07. The van der Waals surface area contributed by atoms with E-state index < -0.39 is 17.8 Å². The second kappa shape index (κ2) is 7.35. The van der Waals surface area contributed by atoms with E-state index >= 15 is 0 Å². The fourth-order valence-corrected chi connectivity index (χ4v) is 3.11. The van der Waals surface area contributed by atoms with Crippen LogP contribution in [0.15, 0.2) is 36.3 Å². The number of aromatic nitrogens is 2. The van der Waals surface area contributed by atoms with Gasteiger partial charge >= 0.3 is 6.18 Å². The van der Waals surface area contributed by atoms with E-state index in [1.54, 1.807) is 0 Å². The minimum Gasteiger partial charge on any atom is -0.321 e. The van der Waals surface area contributed by atoms with Crippen molar-refractivity contribution in [2.45, 2.75) is 25.4 Å². The number of nitrogens with zero attached hydrogens (tertiary/aromatic N) is 2. The van der Waals surface area contributed by atoms with Crippen LogP contribution in [0.5, 0.6) is 0 Å². The average molecular weight is 352 g/mol. The molecule has 0 saturated carbocycles. The maximum Gasteiger partial charge on any atom is 0.434 e. The molecule has 8 heteroatoms. The maximum atomic E-state index is 12.5. The average Bonchev–Trinajstić information content (AvgIpc) is 2.62. The number of rotatable bonds is 3. The van der Waals surface area contributed by atoms with Gasteiger partial charge in [0.1, 0.15) is 5.69 Å². The van der Waals surface area contributed by atoms with Gasteiger partial charge in [0.15, 0.2) is 5.69 Å². The Labute approximate surface area is 143 Å². The van der Waals surface area contributed by atoms with Crippen LogP contribution in [-0.2, 0) is 6.18 Å². The van der Waals surface area contributed by atoms with E-state index in [1.807, 2.05) is 12.2 Å². The molecule has 2 N–H and O–H groups in total. The lowest BCUT2D eigenvalue weighted by Crippen LogP contribution is -2.34. The highest BCUT2D eigenvalue weighted by Crippen LogP contribution is 2.28. The zero-order valence-electron chi connectivity index (χ0n) is 13.5. The normalized spacial score (nSPS) is 23.9. The number of carbonyl (C=O) groups excluding carboxylic acids is 1. The molecule has 1 aliphatic heterocycles. The number of hydrogen-bond acceptors (Lipinski definition) is 4. The number of allylic oxidation sites excluding steroid dienone is 3. The molecule has 5 nitrogen and oxygen atoms in total. The van der Waals surface area contributed by atoms with Crippen molar-refractivity contribution in [1.29, 1.82) is 0 Å². The third kappa shape index (κ3) is 4.45. The minimum atomic E-state index is -4.57. The summed E-state index contributed by atoms with van der Waals surface area (Å²) in [7, 11) is 0. The maximum absolute atomic E-state index is 12.5. The summed E-state index contributed by atoms with van der Waals surface area (Å²) < 4.78 is 37.4. The molecular weight excluding hydrogens is 333 g/mol. The van der Waals surface area contributed by atoms with Crippen molar-refractivity contribution in [3.63, 3.8) is 0 Å². The van der Waals surface area contributed by atoms with Crippen LogP contribution in [0.3, 0.4) is 0 Å². The predicted molar refractivity (Wildman–Crippen MR) is 85.4 cm³/mol. The van der Waals surface area contributed by atoms with Crippen molar-refractivity contribution < 1.29 is 18.0 Å². The molecule has 0 aromatic carbocycles. The van der Waals surface area contributed by atoms with Gasteiger partial charge in [-0.15, -0.1) is 0 Å². The Kier molecular flexibility index (Phi) is 5.17. The number of hydrogen-bond donors (Lipinski definition) is 2. The number of halogens is 3. The molecule has 2 heterocycles. The highest BCUT2D eigenvalue weighted by atomic mass is 19.4. The molecule has 1 aliphatic carbocycles. The number of alkyl halides is 3. The third-order valence-electron chi connectivity index (χ3n) is 4.51. The van der Waals surface area contributed by atoms with Crippen LogP contribution >= 0.6 is 0 Å². The van der Waals surface area contributed by atoms with Gasteiger partial charge < -0.3 is 10.6 Å². The van der Waals surface area contributed by atoms with E-state index in [0.717, 1.165) is 25.7 Å². The molecule has 0 bridgehead atoms. The molecule has 0 spiro atoms. The van der Waals surface area contributed by atoms with Crippen LogP contribution < -0.4 is 10.6 Å². The van der Waals surface area contributed by atoms with Crippen LogP contribution in [0.2, 0.25) is 0 Å². The Morgan fingerprint density at radius 3 is 2.68 bits per heavy atom. The lowest BCUT2D eigenvalue weighted by Gasteiger charge is -2.30. The van der Waals surface area contributed by atoms with Crippen LogP contribution in [0.4, 0.5) is 13.2 Å². The second-order valence-corrected chi connectivity index (χ2v) is 6.26. The molecule has 2 aliphatic rings. The Hall–Kier alpha value is -2.22. The molecule has 1 aromatic rings. The van der Waals surface area contributed by atoms with Crippen molar-refractivity contribution in [3.05, 3.63) is 47.7 Å². The Morgan fingerprint density at radius 2 is 2.12 bits per heavy atom. The number of amides is 1. The lowest BCUT2D eigenvalue weighted by atomic mass is 9.82. The van der Waals surface area contributed by atoms with Crippen LogP contribution in [-0.4, -0.2) is 29.0 Å². The van der Waals surface area contributed by atoms with E-state index in [2.05, 4.69) is 26.7 Å². The van der Waals surface area contributed by atoms with Gasteiger partial charge in [-0.3, -0.25) is 4.79 Å². The topological polar surface area (TPSA) is 66.9 Å². The van der Waals surface area contributed by atoms with E-state index in [0.29, 0.717) is 23.7 Å². The standard InChI is InChI=1S/C17H19F3N4O/c18-17(19,20)15-10-22-14(9-23-15)16(25)24-13-5-3-11(4-6-13)12-2-1-7-21-8-12/h3,5-6,9-12,21H,1-2,4,7-8H2,(H,24,25)/t11?,12-/m1/s1. The van der Waals surface area contributed by atoms with E-state index in [9.17, 15) is 18.0 Å². The van der Waals surface area contributed by atoms with Crippen molar-refractivity contribution in [1.82, 2.24) is 20.6 Å². The van der Waals surface area contributed by atoms with E-state index in [1.165, 1.54) is 12.8 Å². The molecule has 3 rings (SSSR count). The van der Waals surface area contributed by atoms with Crippen LogP contribution in [0, 0.1) is 11.8 Å². The first kappa shape index (κ1) is 17.6. The molecule has 0 radical (unpaired) electrons. The SMILES string of the molecule is O=C(NC1=CCC([C@@H]2CCCNC2)C=C1)c1cnc(C(F)(F)F)cn1. The third-order valence-corrected chi connectivity index (χ3v) is 4.51. The summed E-state index contributed by atoms with van der Waals surface area (Å²) in [6, 6.07) is 0. The fraction of sp³-hybridized carbons (Fsp3) is 0.471. The smallest absolute Gasteiger partial charge is 0.321 e. The lowest BCUT2D eigenvalue weighted by molar-refractivity contribution is -0.141. The minimum absolute atomic E-state index is 0.152. The largest absolute Gasteiger partial charge is 0.434 e. The van der Waals surface area contributed by atoms with Gasteiger partial charge in [-0.05, 0) is 50.3 Å². The molecule has 25 heavy (non-hydrogen) atoms. The summed E-state index contributed by atoms with van der Waals surface area (Å²) in [5.41, 5.74) is -0.641. The molecule has 1 saturated heterocycles. The summed E-state index contributed by atoms with van der Waals surface area (Å²) in [5.74, 6) is 0.466. The predicted octanol–water partition coefficient (Wildman–Crippen LogP) is 2.68. The molecule has 1 unspecified atom stereocenters. The number of carbonyl (C=O) groups is 1. The highest BCUT2D eigenvalue weighted by molar-refractivity contribution is 5.93. The highest BCUT2D eigenvalue weighted by Gasteiger charge is 2.33. The Morgan fingerprint density at radius 1 is 1.28 bits per heavy atom. The molecule has 1 fully saturated rings. The summed E-state index contributed by atoms with van der Waals surface area (Å²) >= 11 is 0. The summed E-state index contributed by atoms with van der Waals surface area (Å²) in [6.07, 6.45) is 5.90. The summed E-state index contributed by atoms with van der Waals surface area (Å²) in [5, 5.41) is 6.05. The zero-order chi connectivity index (χ0) is 17.9.